The highest BCUT2D eigenvalue weighted by molar-refractivity contribution is 7.89. The molecular weight excluding hydrogens is 278 g/mol. The van der Waals surface area contributed by atoms with Crippen molar-refractivity contribution in [2.24, 2.45) is 0 Å². The summed E-state index contributed by atoms with van der Waals surface area (Å²) in [6.45, 7) is 5.94. The number of hydrogen-bond donors (Lipinski definition) is 2. The molecule has 6 nitrogen and oxygen atoms in total. The summed E-state index contributed by atoms with van der Waals surface area (Å²) < 4.78 is 32.3. The fraction of sp³-hybridized carbons (Fsp3) is 0.538. The van der Waals surface area contributed by atoms with E-state index in [4.69, 9.17) is 10.5 Å². The van der Waals surface area contributed by atoms with Gasteiger partial charge in [0.1, 0.15) is 0 Å². The second-order valence-corrected chi connectivity index (χ2v) is 6.61. The fourth-order valence-electron chi connectivity index (χ4n) is 2.15. The molecule has 0 spiro atoms. The van der Waals surface area contributed by atoms with Crippen molar-refractivity contribution in [2.45, 2.75) is 11.8 Å². The summed E-state index contributed by atoms with van der Waals surface area (Å²) in [4.78, 5) is 2.43. The number of benzene rings is 1. The van der Waals surface area contributed by atoms with Crippen LogP contribution in [0.25, 0.3) is 0 Å². The molecule has 0 bridgehead atoms. The molecule has 1 heterocycles. The fourth-order valence-corrected chi connectivity index (χ4v) is 3.45. The number of ether oxygens (including phenoxy) is 1. The van der Waals surface area contributed by atoms with Crippen molar-refractivity contribution < 1.29 is 13.2 Å². The van der Waals surface area contributed by atoms with Gasteiger partial charge in [0.25, 0.3) is 0 Å². The molecule has 7 heteroatoms. The van der Waals surface area contributed by atoms with Gasteiger partial charge in [-0.2, -0.15) is 0 Å². The lowest BCUT2D eigenvalue weighted by molar-refractivity contribution is 0.0390. The summed E-state index contributed by atoms with van der Waals surface area (Å²) in [5.41, 5.74) is 6.80. The number of hydrogen-bond acceptors (Lipinski definition) is 5. The summed E-state index contributed by atoms with van der Waals surface area (Å²) >= 11 is 0. The summed E-state index contributed by atoms with van der Waals surface area (Å²) in [5.74, 6) is 0. The van der Waals surface area contributed by atoms with Crippen LogP contribution in [0.15, 0.2) is 23.1 Å². The van der Waals surface area contributed by atoms with Crippen molar-refractivity contribution in [3.63, 3.8) is 0 Å². The predicted octanol–water partition coefficient (Wildman–Crippen LogP) is 0.188. The van der Waals surface area contributed by atoms with E-state index in [9.17, 15) is 8.42 Å². The number of rotatable bonds is 5. The summed E-state index contributed by atoms with van der Waals surface area (Å²) in [7, 11) is -3.50. The van der Waals surface area contributed by atoms with E-state index in [0.29, 0.717) is 37.6 Å². The lowest BCUT2D eigenvalue weighted by Crippen LogP contribution is -2.41. The molecule has 2 rings (SSSR count). The zero-order valence-corrected chi connectivity index (χ0v) is 12.4. The Balaban J connectivity index is 1.95. The Bertz CT molecular complexity index is 554. The minimum Gasteiger partial charge on any atom is -0.399 e. The van der Waals surface area contributed by atoms with Gasteiger partial charge in [0.05, 0.1) is 18.1 Å². The zero-order chi connectivity index (χ0) is 14.6. The van der Waals surface area contributed by atoms with Gasteiger partial charge in [0.15, 0.2) is 0 Å². The van der Waals surface area contributed by atoms with Crippen LogP contribution in [-0.4, -0.2) is 52.7 Å². The average Bonchev–Trinajstić information content (AvgIpc) is 2.42. The number of nitrogens with two attached hydrogens (primary N) is 1. The first-order valence-electron chi connectivity index (χ1n) is 6.65. The van der Waals surface area contributed by atoms with Crippen LogP contribution in [0.5, 0.6) is 0 Å². The van der Waals surface area contributed by atoms with E-state index >= 15 is 0 Å². The maximum Gasteiger partial charge on any atom is 0.240 e. The second kappa shape index (κ2) is 6.53. The van der Waals surface area contributed by atoms with E-state index in [1.165, 1.54) is 6.07 Å². The topological polar surface area (TPSA) is 84.7 Å². The Morgan fingerprint density at radius 1 is 1.35 bits per heavy atom. The van der Waals surface area contributed by atoms with Crippen molar-refractivity contribution in [3.05, 3.63) is 23.8 Å². The highest BCUT2D eigenvalue weighted by atomic mass is 32.2. The second-order valence-electron chi connectivity index (χ2n) is 4.88. The molecule has 1 fully saturated rings. The molecule has 0 radical (unpaired) electrons. The van der Waals surface area contributed by atoms with Crippen LogP contribution in [0, 0.1) is 6.92 Å². The molecule has 0 saturated carbocycles. The Morgan fingerprint density at radius 3 is 2.75 bits per heavy atom. The molecule has 1 aliphatic rings. The highest BCUT2D eigenvalue weighted by Crippen LogP contribution is 2.17. The Kier molecular flexibility index (Phi) is 4.98. The third-order valence-corrected chi connectivity index (χ3v) is 4.93. The predicted molar refractivity (Wildman–Crippen MR) is 78.0 cm³/mol. The standard InChI is InChI=1S/C13H21N3O3S/c1-11-2-3-12(14)10-13(11)20(17,18)15-4-5-16-6-8-19-9-7-16/h2-3,10,15H,4-9,14H2,1H3. The highest BCUT2D eigenvalue weighted by Gasteiger charge is 2.17. The van der Waals surface area contributed by atoms with E-state index in [-0.39, 0.29) is 4.90 Å². The summed E-state index contributed by atoms with van der Waals surface area (Å²) in [6, 6.07) is 4.90. The summed E-state index contributed by atoms with van der Waals surface area (Å²) in [5, 5.41) is 0. The zero-order valence-electron chi connectivity index (χ0n) is 11.6. The molecule has 0 aromatic heterocycles. The minimum atomic E-state index is -3.50. The average molecular weight is 299 g/mol. The van der Waals surface area contributed by atoms with Crippen LogP contribution in [0.4, 0.5) is 5.69 Å². The number of anilines is 1. The van der Waals surface area contributed by atoms with Gasteiger partial charge in [-0.1, -0.05) is 6.07 Å². The van der Waals surface area contributed by atoms with E-state index in [1.807, 2.05) is 0 Å². The van der Waals surface area contributed by atoms with Crippen molar-refractivity contribution in [1.29, 1.82) is 0 Å². The lowest BCUT2D eigenvalue weighted by Gasteiger charge is -2.26. The third kappa shape index (κ3) is 3.92. The maximum atomic E-state index is 12.2. The van der Waals surface area contributed by atoms with E-state index in [2.05, 4.69) is 9.62 Å². The van der Waals surface area contributed by atoms with Crippen molar-refractivity contribution >= 4 is 15.7 Å². The number of morpholine rings is 1. The molecule has 112 valence electrons. The third-order valence-electron chi connectivity index (χ3n) is 3.33. The van der Waals surface area contributed by atoms with Crippen LogP contribution in [-0.2, 0) is 14.8 Å². The molecule has 3 N–H and O–H groups in total. The normalized spacial score (nSPS) is 17.2. The van der Waals surface area contributed by atoms with Gasteiger partial charge >= 0.3 is 0 Å². The molecule has 1 saturated heterocycles. The van der Waals surface area contributed by atoms with Crippen LogP contribution in [0.2, 0.25) is 0 Å². The first-order valence-corrected chi connectivity index (χ1v) is 8.13. The Hall–Kier alpha value is -1.15. The molecular formula is C13H21N3O3S. The molecule has 0 atom stereocenters. The summed E-state index contributed by atoms with van der Waals surface area (Å²) in [6.07, 6.45) is 0. The Labute approximate surface area is 120 Å². The maximum absolute atomic E-state index is 12.2. The van der Waals surface area contributed by atoms with E-state index < -0.39 is 10.0 Å². The Morgan fingerprint density at radius 2 is 2.05 bits per heavy atom. The molecule has 0 amide bonds. The first kappa shape index (κ1) is 15.2. The van der Waals surface area contributed by atoms with Gasteiger partial charge in [0, 0.05) is 31.9 Å². The van der Waals surface area contributed by atoms with Gasteiger partial charge in [-0.15, -0.1) is 0 Å². The first-order chi connectivity index (χ1) is 9.49. The smallest absolute Gasteiger partial charge is 0.240 e. The number of nitrogens with one attached hydrogen (secondary N) is 1. The molecule has 1 aliphatic heterocycles. The number of nitrogen functional groups attached to an aromatic ring is 1. The monoisotopic (exact) mass is 299 g/mol. The van der Waals surface area contributed by atoms with Crippen LogP contribution >= 0.6 is 0 Å². The van der Waals surface area contributed by atoms with Crippen LogP contribution < -0.4 is 10.5 Å². The van der Waals surface area contributed by atoms with Crippen molar-refractivity contribution in [2.75, 3.05) is 45.1 Å². The molecule has 0 aliphatic carbocycles. The van der Waals surface area contributed by atoms with Gasteiger partial charge < -0.3 is 10.5 Å². The number of aryl methyl sites for hydroxylation is 1. The minimum absolute atomic E-state index is 0.250. The van der Waals surface area contributed by atoms with Crippen LogP contribution in [0.1, 0.15) is 5.56 Å². The molecule has 1 aromatic rings. The molecule has 1 aromatic carbocycles. The van der Waals surface area contributed by atoms with Gasteiger partial charge in [0.2, 0.25) is 10.0 Å². The lowest BCUT2D eigenvalue weighted by atomic mass is 10.2. The molecule has 20 heavy (non-hydrogen) atoms. The van der Waals surface area contributed by atoms with E-state index in [0.717, 1.165) is 13.1 Å². The van der Waals surface area contributed by atoms with Gasteiger partial charge in [-0.05, 0) is 24.6 Å². The van der Waals surface area contributed by atoms with Gasteiger partial charge in [-0.25, -0.2) is 13.1 Å². The van der Waals surface area contributed by atoms with Gasteiger partial charge in [-0.3, -0.25) is 4.90 Å². The van der Waals surface area contributed by atoms with Crippen molar-refractivity contribution in [3.8, 4) is 0 Å². The SMILES string of the molecule is Cc1ccc(N)cc1S(=O)(=O)NCCN1CCOCC1. The number of nitrogens with zero attached hydrogens (tertiary/aromatic N) is 1. The van der Waals surface area contributed by atoms with E-state index in [1.54, 1.807) is 19.1 Å². The largest absolute Gasteiger partial charge is 0.399 e. The number of sulfonamides is 1. The van der Waals surface area contributed by atoms with Crippen molar-refractivity contribution in [1.82, 2.24) is 9.62 Å². The molecule has 0 unspecified atom stereocenters. The van der Waals surface area contributed by atoms with Crippen LogP contribution in [0.3, 0.4) is 0 Å². The quantitative estimate of drug-likeness (QED) is 0.758.